The van der Waals surface area contributed by atoms with Gasteiger partial charge in [-0.1, -0.05) is 25.4 Å². The van der Waals surface area contributed by atoms with Crippen molar-refractivity contribution in [3.05, 3.63) is 33.8 Å². The number of anilines is 1. The van der Waals surface area contributed by atoms with Gasteiger partial charge in [0.25, 0.3) is 0 Å². The molecule has 1 heterocycles. The fraction of sp³-hybridized carbons (Fsp3) is 0.389. The average molecular weight is 414 g/mol. The summed E-state index contributed by atoms with van der Waals surface area (Å²) in [5.74, 6) is 2.13. The molecule has 0 spiro atoms. The van der Waals surface area contributed by atoms with Crippen molar-refractivity contribution in [3.8, 4) is 22.8 Å². The number of rotatable bonds is 7. The van der Waals surface area contributed by atoms with E-state index in [0.717, 1.165) is 34.3 Å². The Labute approximate surface area is 156 Å². The number of benzene rings is 1. The third-order valence-electron chi connectivity index (χ3n) is 3.81. The van der Waals surface area contributed by atoms with Gasteiger partial charge in [-0.05, 0) is 47.0 Å². The summed E-state index contributed by atoms with van der Waals surface area (Å²) in [6.07, 6.45) is 2.06. The Hall–Kier alpha value is -1.46. The molecule has 130 valence electrons. The van der Waals surface area contributed by atoms with Crippen molar-refractivity contribution in [2.45, 2.75) is 32.8 Å². The van der Waals surface area contributed by atoms with E-state index in [4.69, 9.17) is 26.1 Å². The highest BCUT2D eigenvalue weighted by atomic mass is 79.9. The lowest BCUT2D eigenvalue weighted by Crippen LogP contribution is -2.15. The first-order valence-electron chi connectivity index (χ1n) is 7.92. The molecule has 0 aliphatic heterocycles. The SMILES string of the molecule is CCC(CC)Oc1cc(Br)c(-c2ccc(OC)cc2Cl)nc1NC. The van der Waals surface area contributed by atoms with E-state index in [1.165, 1.54) is 0 Å². The standard InChI is InChI=1S/C18H22BrClN2O2/c1-5-11(6-2)24-16-10-14(19)17(22-18(16)21-3)13-8-7-12(23-4)9-15(13)20/h7-11H,5-6H2,1-4H3,(H,21,22). The molecule has 1 N–H and O–H groups in total. The van der Waals surface area contributed by atoms with Crippen LogP contribution < -0.4 is 14.8 Å². The summed E-state index contributed by atoms with van der Waals surface area (Å²) >= 11 is 9.98. The predicted molar refractivity (Wildman–Crippen MR) is 103 cm³/mol. The lowest BCUT2D eigenvalue weighted by Gasteiger charge is -2.19. The van der Waals surface area contributed by atoms with Crippen molar-refractivity contribution in [2.24, 2.45) is 0 Å². The number of hydrogen-bond acceptors (Lipinski definition) is 4. The normalized spacial score (nSPS) is 10.8. The van der Waals surface area contributed by atoms with Crippen LogP contribution in [0.3, 0.4) is 0 Å². The summed E-state index contributed by atoms with van der Waals surface area (Å²) in [6.45, 7) is 4.22. The highest BCUT2D eigenvalue weighted by Crippen LogP contribution is 2.38. The minimum absolute atomic E-state index is 0.168. The molecule has 0 fully saturated rings. The van der Waals surface area contributed by atoms with Gasteiger partial charge in [0.2, 0.25) is 0 Å². The first-order valence-corrected chi connectivity index (χ1v) is 9.09. The smallest absolute Gasteiger partial charge is 0.169 e. The van der Waals surface area contributed by atoms with Gasteiger partial charge in [-0.3, -0.25) is 0 Å². The van der Waals surface area contributed by atoms with E-state index in [1.807, 2.05) is 25.2 Å². The van der Waals surface area contributed by atoms with Crippen molar-refractivity contribution in [2.75, 3.05) is 19.5 Å². The van der Waals surface area contributed by atoms with Crippen LogP contribution in [0.4, 0.5) is 5.82 Å². The zero-order valence-electron chi connectivity index (χ0n) is 14.3. The molecule has 0 bridgehead atoms. The molecular weight excluding hydrogens is 392 g/mol. The number of nitrogens with zero attached hydrogens (tertiary/aromatic N) is 1. The van der Waals surface area contributed by atoms with Gasteiger partial charge in [0, 0.05) is 23.2 Å². The topological polar surface area (TPSA) is 43.4 Å². The van der Waals surface area contributed by atoms with Crippen LogP contribution in [0.5, 0.6) is 11.5 Å². The molecule has 0 saturated heterocycles. The first-order chi connectivity index (χ1) is 11.5. The maximum absolute atomic E-state index is 6.39. The molecule has 24 heavy (non-hydrogen) atoms. The third kappa shape index (κ3) is 4.14. The Kier molecular flexibility index (Phi) is 6.75. The predicted octanol–water partition coefficient (Wildman–Crippen LogP) is 5.78. The van der Waals surface area contributed by atoms with Crippen LogP contribution in [0.2, 0.25) is 5.02 Å². The van der Waals surface area contributed by atoms with E-state index >= 15 is 0 Å². The zero-order chi connectivity index (χ0) is 17.7. The maximum Gasteiger partial charge on any atom is 0.169 e. The monoisotopic (exact) mass is 412 g/mol. The minimum Gasteiger partial charge on any atom is -0.497 e. The second-order valence-electron chi connectivity index (χ2n) is 5.32. The Bertz CT molecular complexity index is 706. The van der Waals surface area contributed by atoms with E-state index in [-0.39, 0.29) is 6.10 Å². The third-order valence-corrected chi connectivity index (χ3v) is 4.73. The quantitative estimate of drug-likeness (QED) is 0.624. The second kappa shape index (κ2) is 8.58. The maximum atomic E-state index is 6.39. The van der Waals surface area contributed by atoms with Crippen molar-refractivity contribution < 1.29 is 9.47 Å². The summed E-state index contributed by atoms with van der Waals surface area (Å²) in [6, 6.07) is 7.48. The zero-order valence-corrected chi connectivity index (χ0v) is 16.7. The molecule has 6 heteroatoms. The van der Waals surface area contributed by atoms with Crippen LogP contribution in [0, 0.1) is 0 Å². The van der Waals surface area contributed by atoms with E-state index in [9.17, 15) is 0 Å². The molecule has 2 aromatic rings. The number of pyridine rings is 1. The molecule has 0 atom stereocenters. The summed E-state index contributed by atoms with van der Waals surface area (Å²) in [5.41, 5.74) is 1.58. The minimum atomic E-state index is 0.168. The summed E-state index contributed by atoms with van der Waals surface area (Å²) in [5, 5.41) is 3.69. The summed E-state index contributed by atoms with van der Waals surface area (Å²) in [7, 11) is 3.44. The number of ether oxygens (including phenoxy) is 2. The molecule has 0 amide bonds. The van der Waals surface area contributed by atoms with Crippen molar-refractivity contribution >= 4 is 33.3 Å². The largest absolute Gasteiger partial charge is 0.497 e. The lowest BCUT2D eigenvalue weighted by molar-refractivity contribution is 0.193. The highest BCUT2D eigenvalue weighted by Gasteiger charge is 2.17. The molecular formula is C18H22BrClN2O2. The van der Waals surface area contributed by atoms with Crippen LogP contribution in [0.1, 0.15) is 26.7 Å². The number of methoxy groups -OCH3 is 1. The van der Waals surface area contributed by atoms with Crippen molar-refractivity contribution in [1.82, 2.24) is 4.98 Å². The number of hydrogen-bond donors (Lipinski definition) is 1. The molecule has 2 rings (SSSR count). The van der Waals surface area contributed by atoms with Crippen LogP contribution >= 0.6 is 27.5 Å². The Morgan fingerprint density at radius 1 is 1.25 bits per heavy atom. The molecule has 4 nitrogen and oxygen atoms in total. The van der Waals surface area contributed by atoms with E-state index < -0.39 is 0 Å². The Balaban J connectivity index is 2.46. The van der Waals surface area contributed by atoms with E-state index in [0.29, 0.717) is 16.6 Å². The van der Waals surface area contributed by atoms with Crippen LogP contribution in [0.15, 0.2) is 28.7 Å². The number of aromatic nitrogens is 1. The van der Waals surface area contributed by atoms with Gasteiger partial charge in [0.1, 0.15) is 5.75 Å². The number of halogens is 2. The van der Waals surface area contributed by atoms with Gasteiger partial charge < -0.3 is 14.8 Å². The Morgan fingerprint density at radius 2 is 1.96 bits per heavy atom. The van der Waals surface area contributed by atoms with Crippen LogP contribution in [-0.2, 0) is 0 Å². The lowest BCUT2D eigenvalue weighted by atomic mass is 10.1. The second-order valence-corrected chi connectivity index (χ2v) is 6.58. The van der Waals surface area contributed by atoms with E-state index in [1.54, 1.807) is 13.2 Å². The van der Waals surface area contributed by atoms with Crippen LogP contribution in [-0.4, -0.2) is 25.2 Å². The first kappa shape index (κ1) is 18.9. The van der Waals surface area contributed by atoms with Gasteiger partial charge in [-0.15, -0.1) is 0 Å². The average Bonchev–Trinajstić information content (AvgIpc) is 2.60. The highest BCUT2D eigenvalue weighted by molar-refractivity contribution is 9.10. The Morgan fingerprint density at radius 3 is 2.50 bits per heavy atom. The van der Waals surface area contributed by atoms with Gasteiger partial charge in [0.15, 0.2) is 11.6 Å². The molecule has 0 unspecified atom stereocenters. The molecule has 1 aromatic carbocycles. The van der Waals surface area contributed by atoms with Gasteiger partial charge in [-0.25, -0.2) is 4.98 Å². The van der Waals surface area contributed by atoms with Crippen LogP contribution in [0.25, 0.3) is 11.3 Å². The fourth-order valence-electron chi connectivity index (χ4n) is 2.38. The fourth-order valence-corrected chi connectivity index (χ4v) is 3.15. The number of nitrogens with one attached hydrogen (secondary N) is 1. The summed E-state index contributed by atoms with van der Waals surface area (Å²) < 4.78 is 12.1. The molecule has 0 radical (unpaired) electrons. The van der Waals surface area contributed by atoms with Gasteiger partial charge >= 0.3 is 0 Å². The van der Waals surface area contributed by atoms with Crippen molar-refractivity contribution in [1.29, 1.82) is 0 Å². The summed E-state index contributed by atoms with van der Waals surface area (Å²) in [4.78, 5) is 4.69. The molecule has 0 aliphatic carbocycles. The van der Waals surface area contributed by atoms with Crippen molar-refractivity contribution in [3.63, 3.8) is 0 Å². The molecule has 0 aliphatic rings. The molecule has 1 aromatic heterocycles. The molecule has 0 saturated carbocycles. The van der Waals surface area contributed by atoms with Gasteiger partial charge in [-0.2, -0.15) is 0 Å². The van der Waals surface area contributed by atoms with Gasteiger partial charge in [0.05, 0.1) is 23.9 Å². The van der Waals surface area contributed by atoms with E-state index in [2.05, 4.69) is 35.1 Å².